The van der Waals surface area contributed by atoms with E-state index in [0.29, 0.717) is 17.7 Å². The number of oxime groups is 1. The number of nitrogens with zero attached hydrogens (tertiary/aromatic N) is 1. The molecule has 1 aliphatic carbocycles. The van der Waals surface area contributed by atoms with E-state index < -0.39 is 11.9 Å². The normalized spacial score (nSPS) is 15.1. The highest BCUT2D eigenvalue weighted by Crippen LogP contribution is 2.33. The highest BCUT2D eigenvalue weighted by atomic mass is 16.4. The summed E-state index contributed by atoms with van der Waals surface area (Å²) in [6.07, 6.45) is 6.63. The SMILES string of the molecule is O=C(O)C(CCCc1ccccc1)C/C(=N/O)c1ccc2c3c(oc2c1)CCCC3. The fourth-order valence-corrected chi connectivity index (χ4v) is 4.40. The van der Waals surface area contributed by atoms with Crippen LogP contribution in [0.5, 0.6) is 0 Å². The number of furan rings is 1. The van der Waals surface area contributed by atoms with Crippen molar-refractivity contribution in [1.29, 1.82) is 0 Å². The van der Waals surface area contributed by atoms with Crippen LogP contribution in [-0.2, 0) is 24.1 Å². The molecule has 0 saturated carbocycles. The summed E-state index contributed by atoms with van der Waals surface area (Å²) in [5.41, 5.74) is 4.37. The van der Waals surface area contributed by atoms with Crippen LogP contribution in [0, 0.1) is 5.92 Å². The van der Waals surface area contributed by atoms with Crippen molar-refractivity contribution in [2.45, 2.75) is 51.4 Å². The van der Waals surface area contributed by atoms with Crippen molar-refractivity contribution in [2.75, 3.05) is 0 Å². The van der Waals surface area contributed by atoms with Crippen molar-refractivity contribution in [3.8, 4) is 0 Å². The molecule has 0 radical (unpaired) electrons. The van der Waals surface area contributed by atoms with E-state index in [1.807, 2.05) is 36.4 Å². The van der Waals surface area contributed by atoms with E-state index in [0.717, 1.165) is 48.8 Å². The lowest BCUT2D eigenvalue weighted by molar-refractivity contribution is -0.141. The maximum absolute atomic E-state index is 11.8. The fourth-order valence-electron chi connectivity index (χ4n) is 4.40. The lowest BCUT2D eigenvalue weighted by atomic mass is 9.91. The summed E-state index contributed by atoms with van der Waals surface area (Å²) in [6.45, 7) is 0. The quantitative estimate of drug-likeness (QED) is 0.290. The molecule has 4 rings (SSSR count). The van der Waals surface area contributed by atoms with Crippen molar-refractivity contribution in [3.05, 3.63) is 71.0 Å². The zero-order valence-corrected chi connectivity index (χ0v) is 17.0. The van der Waals surface area contributed by atoms with Gasteiger partial charge in [0.05, 0.1) is 11.6 Å². The molecule has 1 aromatic heterocycles. The first kappa shape index (κ1) is 20.2. The van der Waals surface area contributed by atoms with Gasteiger partial charge in [0, 0.05) is 29.4 Å². The van der Waals surface area contributed by atoms with Gasteiger partial charge in [0.15, 0.2) is 0 Å². The summed E-state index contributed by atoms with van der Waals surface area (Å²) < 4.78 is 6.04. The van der Waals surface area contributed by atoms with Crippen LogP contribution in [0.3, 0.4) is 0 Å². The molecule has 1 heterocycles. The highest BCUT2D eigenvalue weighted by molar-refractivity contribution is 6.04. The minimum Gasteiger partial charge on any atom is -0.481 e. The molecule has 0 amide bonds. The number of carbonyl (C=O) groups is 1. The average Bonchev–Trinajstić information content (AvgIpc) is 3.14. The van der Waals surface area contributed by atoms with E-state index in [-0.39, 0.29) is 6.42 Å². The van der Waals surface area contributed by atoms with E-state index in [1.165, 1.54) is 17.5 Å². The maximum atomic E-state index is 11.8. The predicted octanol–water partition coefficient (Wildman–Crippen LogP) is 5.60. The van der Waals surface area contributed by atoms with Crippen molar-refractivity contribution < 1.29 is 19.5 Å². The molecular weight excluding hydrogens is 378 g/mol. The number of aryl methyl sites for hydroxylation is 3. The lowest BCUT2D eigenvalue weighted by Gasteiger charge is -2.13. The first-order valence-corrected chi connectivity index (χ1v) is 10.7. The summed E-state index contributed by atoms with van der Waals surface area (Å²) in [4.78, 5) is 11.8. The number of aliphatic carboxylic acids is 1. The van der Waals surface area contributed by atoms with E-state index in [4.69, 9.17) is 4.42 Å². The molecular formula is C25H27NO4. The number of carboxylic acids is 1. The third kappa shape index (κ3) is 4.40. The second kappa shape index (κ2) is 9.16. The zero-order chi connectivity index (χ0) is 20.9. The second-order valence-electron chi connectivity index (χ2n) is 8.09. The molecule has 0 saturated heterocycles. The Labute approximate surface area is 176 Å². The highest BCUT2D eigenvalue weighted by Gasteiger charge is 2.23. The number of benzene rings is 2. The molecule has 0 aliphatic heterocycles. The van der Waals surface area contributed by atoms with Crippen LogP contribution < -0.4 is 0 Å². The molecule has 1 aliphatic rings. The molecule has 1 atom stereocenters. The van der Waals surface area contributed by atoms with E-state index >= 15 is 0 Å². The van der Waals surface area contributed by atoms with E-state index in [1.54, 1.807) is 0 Å². The topological polar surface area (TPSA) is 83.0 Å². The predicted molar refractivity (Wildman–Crippen MR) is 116 cm³/mol. The molecule has 2 aromatic carbocycles. The number of fused-ring (bicyclic) bond motifs is 3. The minimum atomic E-state index is -0.862. The Morgan fingerprint density at radius 3 is 2.67 bits per heavy atom. The summed E-state index contributed by atoms with van der Waals surface area (Å²) in [6, 6.07) is 15.8. The Morgan fingerprint density at radius 2 is 1.90 bits per heavy atom. The van der Waals surface area contributed by atoms with Gasteiger partial charge in [0.1, 0.15) is 11.3 Å². The summed E-state index contributed by atoms with van der Waals surface area (Å²) in [7, 11) is 0. The maximum Gasteiger partial charge on any atom is 0.306 e. The zero-order valence-electron chi connectivity index (χ0n) is 17.0. The number of hydrogen-bond acceptors (Lipinski definition) is 4. The molecule has 30 heavy (non-hydrogen) atoms. The average molecular weight is 405 g/mol. The fraction of sp³-hybridized carbons (Fsp3) is 0.360. The standard InChI is InChI=1S/C25H27NO4/c27-25(28)19(10-6-9-17-7-2-1-3-8-17)15-22(26-29)18-13-14-21-20-11-4-5-12-23(20)30-24(21)16-18/h1-3,7-8,13-14,16,19,29H,4-6,9-12,15H2,(H,27,28)/b26-22-. The molecule has 0 bridgehead atoms. The van der Waals surface area contributed by atoms with E-state index in [2.05, 4.69) is 17.3 Å². The van der Waals surface area contributed by atoms with Crippen LogP contribution in [-0.4, -0.2) is 22.0 Å². The Kier molecular flexibility index (Phi) is 6.17. The molecule has 3 aromatic rings. The van der Waals surface area contributed by atoms with Gasteiger partial charge in [-0.2, -0.15) is 0 Å². The third-order valence-corrected chi connectivity index (χ3v) is 6.06. The van der Waals surface area contributed by atoms with Crippen molar-refractivity contribution in [3.63, 3.8) is 0 Å². The molecule has 2 N–H and O–H groups in total. The Balaban J connectivity index is 1.47. The minimum absolute atomic E-state index is 0.187. The smallest absolute Gasteiger partial charge is 0.306 e. The molecule has 0 fully saturated rings. The second-order valence-corrected chi connectivity index (χ2v) is 8.09. The Morgan fingerprint density at radius 1 is 1.10 bits per heavy atom. The van der Waals surface area contributed by atoms with Crippen LogP contribution in [0.15, 0.2) is 58.1 Å². The van der Waals surface area contributed by atoms with Crippen LogP contribution >= 0.6 is 0 Å². The summed E-state index contributed by atoms with van der Waals surface area (Å²) in [5, 5.41) is 23.9. The van der Waals surface area contributed by atoms with Gasteiger partial charge >= 0.3 is 5.97 Å². The molecule has 1 unspecified atom stereocenters. The van der Waals surface area contributed by atoms with Gasteiger partial charge < -0.3 is 14.7 Å². The number of rotatable bonds is 8. The van der Waals surface area contributed by atoms with Crippen LogP contribution in [0.25, 0.3) is 11.0 Å². The number of carboxylic acid groups (broad SMARTS) is 1. The molecule has 0 spiro atoms. The van der Waals surface area contributed by atoms with Crippen molar-refractivity contribution in [1.82, 2.24) is 0 Å². The van der Waals surface area contributed by atoms with Crippen molar-refractivity contribution in [2.24, 2.45) is 11.1 Å². The number of hydrogen-bond donors (Lipinski definition) is 2. The summed E-state index contributed by atoms with van der Waals surface area (Å²) >= 11 is 0. The van der Waals surface area contributed by atoms with Gasteiger partial charge in [-0.25, -0.2) is 0 Å². The van der Waals surface area contributed by atoms with Gasteiger partial charge in [0.25, 0.3) is 0 Å². The van der Waals surface area contributed by atoms with Crippen LogP contribution in [0.4, 0.5) is 0 Å². The van der Waals surface area contributed by atoms with Crippen molar-refractivity contribution >= 4 is 22.7 Å². The molecule has 5 nitrogen and oxygen atoms in total. The summed E-state index contributed by atoms with van der Waals surface area (Å²) in [5.74, 6) is -0.404. The van der Waals surface area contributed by atoms with Crippen LogP contribution in [0.1, 0.15) is 54.6 Å². The first-order valence-electron chi connectivity index (χ1n) is 10.7. The Hall–Kier alpha value is -3.08. The first-order chi connectivity index (χ1) is 14.7. The molecule has 5 heteroatoms. The van der Waals surface area contributed by atoms with Gasteiger partial charge in [0.2, 0.25) is 0 Å². The van der Waals surface area contributed by atoms with Crippen LogP contribution in [0.2, 0.25) is 0 Å². The van der Waals surface area contributed by atoms with Gasteiger partial charge in [-0.3, -0.25) is 4.79 Å². The largest absolute Gasteiger partial charge is 0.481 e. The molecule has 156 valence electrons. The van der Waals surface area contributed by atoms with E-state index in [9.17, 15) is 15.1 Å². The van der Waals surface area contributed by atoms with Gasteiger partial charge in [-0.05, 0) is 50.2 Å². The van der Waals surface area contributed by atoms with Gasteiger partial charge in [-0.1, -0.05) is 47.6 Å². The lowest BCUT2D eigenvalue weighted by Crippen LogP contribution is -2.19. The van der Waals surface area contributed by atoms with Gasteiger partial charge in [-0.15, -0.1) is 0 Å². The monoisotopic (exact) mass is 405 g/mol. The Bertz CT molecular complexity index is 1050. The third-order valence-electron chi connectivity index (χ3n) is 6.06.